The van der Waals surface area contributed by atoms with E-state index in [2.05, 4.69) is 6.92 Å². The number of carbonyl (C=O) groups is 1. The van der Waals surface area contributed by atoms with Gasteiger partial charge in [-0.25, -0.2) is 0 Å². The normalized spacial score (nSPS) is 14.2. The summed E-state index contributed by atoms with van der Waals surface area (Å²) in [6, 6.07) is 0. The molecule has 0 unspecified atom stereocenters. The average molecular weight is 244 g/mol. The minimum atomic E-state index is -0.663. The fourth-order valence-corrected chi connectivity index (χ4v) is 1.74. The van der Waals surface area contributed by atoms with Crippen molar-refractivity contribution in [1.82, 2.24) is 0 Å². The van der Waals surface area contributed by atoms with Gasteiger partial charge in [0.05, 0.1) is 0 Å². The summed E-state index contributed by atoms with van der Waals surface area (Å²) in [4.78, 5) is 10.1. The molecule has 0 spiro atoms. The van der Waals surface area contributed by atoms with Crippen LogP contribution < -0.4 is 0 Å². The fourth-order valence-electron chi connectivity index (χ4n) is 1.74. The van der Waals surface area contributed by atoms with E-state index in [0.717, 1.165) is 26.1 Å². The summed E-state index contributed by atoms with van der Waals surface area (Å²) in [5.74, 6) is -0.663. The molecule has 102 valence electrons. The molecule has 3 heteroatoms. The van der Waals surface area contributed by atoms with Crippen molar-refractivity contribution in [2.75, 3.05) is 13.2 Å². The van der Waals surface area contributed by atoms with E-state index in [9.17, 15) is 4.79 Å². The Hall–Kier alpha value is -0.570. The van der Waals surface area contributed by atoms with Crippen molar-refractivity contribution in [2.45, 2.75) is 71.1 Å². The van der Waals surface area contributed by atoms with E-state index in [1.165, 1.54) is 44.9 Å². The van der Waals surface area contributed by atoms with Crippen LogP contribution in [0.3, 0.4) is 0 Å². The van der Waals surface area contributed by atoms with Crippen LogP contribution in [0.2, 0.25) is 0 Å². The van der Waals surface area contributed by atoms with Gasteiger partial charge in [-0.05, 0) is 19.3 Å². The molecule has 1 aliphatic rings. The minimum absolute atomic E-state index is 0.341. The van der Waals surface area contributed by atoms with Crippen molar-refractivity contribution < 1.29 is 14.6 Å². The Morgan fingerprint density at radius 1 is 1.00 bits per heavy atom. The molecule has 0 aliphatic carbocycles. The quantitative estimate of drug-likeness (QED) is 0.656. The molecule has 0 amide bonds. The van der Waals surface area contributed by atoms with Crippen LogP contribution in [-0.4, -0.2) is 24.3 Å². The van der Waals surface area contributed by atoms with E-state index >= 15 is 0 Å². The van der Waals surface area contributed by atoms with Crippen LogP contribution in [0.4, 0.5) is 0 Å². The smallest absolute Gasteiger partial charge is 0.303 e. The highest BCUT2D eigenvalue weighted by Gasteiger charge is 1.96. The molecule has 0 aromatic rings. The lowest BCUT2D eigenvalue weighted by atomic mass is 10.1. The molecule has 1 saturated heterocycles. The summed E-state index contributed by atoms with van der Waals surface area (Å²) in [5.41, 5.74) is 0. The Morgan fingerprint density at radius 3 is 1.94 bits per heavy atom. The van der Waals surface area contributed by atoms with Crippen LogP contribution in [-0.2, 0) is 9.53 Å². The second-order valence-electron chi connectivity index (χ2n) is 4.58. The Labute approximate surface area is 106 Å². The first kappa shape index (κ1) is 16.4. The van der Waals surface area contributed by atoms with Crippen molar-refractivity contribution in [3.8, 4) is 0 Å². The Kier molecular flexibility index (Phi) is 13.0. The molecule has 1 heterocycles. The Morgan fingerprint density at radius 2 is 1.53 bits per heavy atom. The zero-order valence-electron chi connectivity index (χ0n) is 11.2. The third-order valence-corrected chi connectivity index (χ3v) is 2.82. The lowest BCUT2D eigenvalue weighted by molar-refractivity contribution is -0.137. The maximum absolute atomic E-state index is 10.1. The van der Waals surface area contributed by atoms with E-state index in [-0.39, 0.29) is 0 Å². The topological polar surface area (TPSA) is 46.5 Å². The summed E-state index contributed by atoms with van der Waals surface area (Å²) in [6.45, 7) is 4.20. The number of unbranched alkanes of at least 4 members (excludes halogenated alkanes) is 6. The highest BCUT2D eigenvalue weighted by atomic mass is 16.5. The first-order valence-corrected chi connectivity index (χ1v) is 7.07. The van der Waals surface area contributed by atoms with E-state index in [0.29, 0.717) is 6.42 Å². The SMILES string of the molecule is C1CCOC1.CCCCCCCCCC(=O)O. The van der Waals surface area contributed by atoms with Gasteiger partial charge in [-0.2, -0.15) is 0 Å². The van der Waals surface area contributed by atoms with Gasteiger partial charge in [0, 0.05) is 19.6 Å². The first-order chi connectivity index (χ1) is 8.27. The Bertz CT molecular complexity index is 157. The largest absolute Gasteiger partial charge is 0.481 e. The van der Waals surface area contributed by atoms with Crippen LogP contribution in [0.25, 0.3) is 0 Å². The van der Waals surface area contributed by atoms with E-state index in [1.807, 2.05) is 0 Å². The maximum Gasteiger partial charge on any atom is 0.303 e. The van der Waals surface area contributed by atoms with Gasteiger partial charge >= 0.3 is 5.97 Å². The molecule has 0 aromatic heterocycles. The summed E-state index contributed by atoms with van der Waals surface area (Å²) < 4.78 is 4.94. The lowest BCUT2D eigenvalue weighted by Crippen LogP contribution is -1.93. The number of rotatable bonds is 8. The van der Waals surface area contributed by atoms with E-state index in [4.69, 9.17) is 9.84 Å². The molecule has 0 bridgehead atoms. The van der Waals surface area contributed by atoms with Crippen LogP contribution in [0.15, 0.2) is 0 Å². The van der Waals surface area contributed by atoms with Crippen LogP contribution in [0.1, 0.15) is 71.1 Å². The summed E-state index contributed by atoms with van der Waals surface area (Å²) >= 11 is 0. The molecule has 0 saturated carbocycles. The summed E-state index contributed by atoms with van der Waals surface area (Å²) in [6.07, 6.45) is 11.2. The number of aliphatic carboxylic acids is 1. The molecule has 0 radical (unpaired) electrons. The van der Waals surface area contributed by atoms with Gasteiger partial charge in [0.1, 0.15) is 0 Å². The molecule has 1 rings (SSSR count). The molecular weight excluding hydrogens is 216 g/mol. The highest BCUT2D eigenvalue weighted by molar-refractivity contribution is 5.66. The number of hydrogen-bond acceptors (Lipinski definition) is 2. The molecule has 1 aliphatic heterocycles. The van der Waals surface area contributed by atoms with Gasteiger partial charge in [-0.3, -0.25) is 4.79 Å². The zero-order valence-corrected chi connectivity index (χ0v) is 11.2. The zero-order chi connectivity index (χ0) is 12.8. The standard InChI is InChI=1S/C10H20O2.C4H8O/c1-2-3-4-5-6-7-8-9-10(11)12;1-2-4-5-3-1/h2-9H2,1H3,(H,11,12);1-4H2. The fraction of sp³-hybridized carbons (Fsp3) is 0.929. The second-order valence-corrected chi connectivity index (χ2v) is 4.58. The van der Waals surface area contributed by atoms with Gasteiger partial charge in [0.2, 0.25) is 0 Å². The number of ether oxygens (including phenoxy) is 1. The lowest BCUT2D eigenvalue weighted by Gasteiger charge is -1.98. The van der Waals surface area contributed by atoms with Crippen molar-refractivity contribution in [1.29, 1.82) is 0 Å². The molecule has 0 atom stereocenters. The van der Waals surface area contributed by atoms with Crippen molar-refractivity contribution >= 4 is 5.97 Å². The van der Waals surface area contributed by atoms with Gasteiger partial charge in [0.15, 0.2) is 0 Å². The molecular formula is C14H28O3. The summed E-state index contributed by atoms with van der Waals surface area (Å²) in [7, 11) is 0. The minimum Gasteiger partial charge on any atom is -0.481 e. The van der Waals surface area contributed by atoms with E-state index < -0.39 is 5.97 Å². The number of carboxylic acid groups (broad SMARTS) is 1. The molecule has 3 nitrogen and oxygen atoms in total. The van der Waals surface area contributed by atoms with Gasteiger partial charge in [-0.1, -0.05) is 45.4 Å². The Balaban J connectivity index is 0.000000419. The maximum atomic E-state index is 10.1. The van der Waals surface area contributed by atoms with Crippen LogP contribution >= 0.6 is 0 Å². The van der Waals surface area contributed by atoms with Crippen molar-refractivity contribution in [3.05, 3.63) is 0 Å². The predicted molar refractivity (Wildman–Crippen MR) is 70.3 cm³/mol. The third kappa shape index (κ3) is 15.4. The van der Waals surface area contributed by atoms with Crippen molar-refractivity contribution in [3.63, 3.8) is 0 Å². The molecule has 1 N–H and O–H groups in total. The van der Waals surface area contributed by atoms with Crippen LogP contribution in [0.5, 0.6) is 0 Å². The highest BCUT2D eigenvalue weighted by Crippen LogP contribution is 2.07. The van der Waals surface area contributed by atoms with Crippen molar-refractivity contribution in [2.24, 2.45) is 0 Å². The predicted octanol–water partition coefficient (Wildman–Crippen LogP) is 4.01. The molecule has 17 heavy (non-hydrogen) atoms. The average Bonchev–Trinajstić information content (AvgIpc) is 2.86. The number of carboxylic acids is 1. The monoisotopic (exact) mass is 244 g/mol. The van der Waals surface area contributed by atoms with Gasteiger partial charge < -0.3 is 9.84 Å². The molecule has 1 fully saturated rings. The summed E-state index contributed by atoms with van der Waals surface area (Å²) in [5, 5.41) is 8.35. The van der Waals surface area contributed by atoms with Gasteiger partial charge in [-0.15, -0.1) is 0 Å². The van der Waals surface area contributed by atoms with Gasteiger partial charge in [0.25, 0.3) is 0 Å². The third-order valence-electron chi connectivity index (χ3n) is 2.82. The number of hydrogen-bond donors (Lipinski definition) is 1. The first-order valence-electron chi connectivity index (χ1n) is 7.07. The second kappa shape index (κ2) is 13.5. The van der Waals surface area contributed by atoms with E-state index in [1.54, 1.807) is 0 Å². The van der Waals surface area contributed by atoms with Crippen LogP contribution in [0, 0.1) is 0 Å². The molecule has 0 aromatic carbocycles.